The van der Waals surface area contributed by atoms with E-state index in [1.165, 1.54) is 40.4 Å². The van der Waals surface area contributed by atoms with Crippen molar-refractivity contribution in [3.63, 3.8) is 0 Å². The Bertz CT molecular complexity index is 1500. The number of carbonyl (C=O) groups excluding carboxylic acids is 2. The van der Waals surface area contributed by atoms with Crippen molar-refractivity contribution in [3.05, 3.63) is 48.5 Å². The number of amides is 2. The number of halogens is 5. The van der Waals surface area contributed by atoms with E-state index >= 15 is 0 Å². The quantitative estimate of drug-likeness (QED) is 0.292. The summed E-state index contributed by atoms with van der Waals surface area (Å²) in [5.74, 6) is -1.23. The largest absolute Gasteiger partial charge is 0.499 e. The Morgan fingerprint density at radius 1 is 0.870 bits per heavy atom. The summed E-state index contributed by atoms with van der Waals surface area (Å²) in [6, 6.07) is 10.2. The summed E-state index contributed by atoms with van der Waals surface area (Å²) in [6.07, 6.45) is -15.5. The smallest absolute Gasteiger partial charge is 0.426 e. The van der Waals surface area contributed by atoms with Crippen molar-refractivity contribution in [3.8, 4) is 22.8 Å². The molecule has 1 fully saturated rings. The summed E-state index contributed by atoms with van der Waals surface area (Å²) in [5, 5.41) is 9.38. The minimum atomic E-state index is -5.91. The van der Waals surface area contributed by atoms with Crippen LogP contribution in [0, 0.1) is 0 Å². The van der Waals surface area contributed by atoms with Gasteiger partial charge in [0.1, 0.15) is 24.1 Å². The molecule has 0 spiro atoms. The highest BCUT2D eigenvalue weighted by molar-refractivity contribution is 5.87. The van der Waals surface area contributed by atoms with Crippen molar-refractivity contribution < 1.29 is 60.0 Å². The molecule has 2 aromatic carbocycles. The Labute approximate surface area is 258 Å². The standard InChI is InChI=1S/C28H30F5N5O8/c1-14-20(41-3)21(42-4)22(43-5)24(44-14)45-26(40)35-17-8-6-16(7-9-17)23-36-25(34-15(2)39)38(37-23)18-10-12-19(13-11-18)46-28(32,33)27(29,30)31/h6-14,20-22,24H,1-5H3,(H,35,40)(H,34,36,37,39)/t14-,20-,21+,22+,24-/m0/s1. The van der Waals surface area contributed by atoms with Crippen LogP contribution in [0.2, 0.25) is 0 Å². The maximum Gasteiger partial charge on any atom is 0.499 e. The number of benzene rings is 2. The van der Waals surface area contributed by atoms with Gasteiger partial charge in [0.05, 0.1) is 11.8 Å². The molecule has 0 saturated carbocycles. The molecular weight excluding hydrogens is 629 g/mol. The molecule has 250 valence electrons. The fourth-order valence-electron chi connectivity index (χ4n) is 4.58. The first-order valence-electron chi connectivity index (χ1n) is 13.5. The lowest BCUT2D eigenvalue weighted by Gasteiger charge is -2.43. The van der Waals surface area contributed by atoms with E-state index in [0.717, 1.165) is 28.9 Å². The Hall–Kier alpha value is -4.39. The van der Waals surface area contributed by atoms with Gasteiger partial charge in [0.15, 0.2) is 5.82 Å². The van der Waals surface area contributed by atoms with Crippen LogP contribution in [0.3, 0.4) is 0 Å². The number of ether oxygens (including phenoxy) is 6. The predicted molar refractivity (Wildman–Crippen MR) is 150 cm³/mol. The molecule has 1 aromatic heterocycles. The zero-order valence-electron chi connectivity index (χ0n) is 25.0. The van der Waals surface area contributed by atoms with Gasteiger partial charge in [-0.1, -0.05) is 0 Å². The van der Waals surface area contributed by atoms with Crippen molar-refractivity contribution >= 4 is 23.6 Å². The van der Waals surface area contributed by atoms with Gasteiger partial charge in [-0.2, -0.15) is 31.6 Å². The van der Waals surface area contributed by atoms with Gasteiger partial charge in [0, 0.05) is 39.5 Å². The van der Waals surface area contributed by atoms with E-state index in [9.17, 15) is 31.5 Å². The summed E-state index contributed by atoms with van der Waals surface area (Å²) in [7, 11) is 4.41. The van der Waals surface area contributed by atoms with E-state index in [1.54, 1.807) is 19.1 Å². The number of hydrogen-bond acceptors (Lipinski definition) is 10. The van der Waals surface area contributed by atoms with Gasteiger partial charge >= 0.3 is 18.4 Å². The van der Waals surface area contributed by atoms with Crippen molar-refractivity contribution in [1.82, 2.24) is 14.8 Å². The molecule has 0 unspecified atom stereocenters. The first-order chi connectivity index (χ1) is 21.7. The van der Waals surface area contributed by atoms with Gasteiger partial charge in [0.2, 0.25) is 18.1 Å². The van der Waals surface area contributed by atoms with Crippen molar-refractivity contribution in [1.29, 1.82) is 0 Å². The minimum Gasteiger partial charge on any atom is -0.426 e. The number of hydrogen-bond donors (Lipinski definition) is 2. The third kappa shape index (κ3) is 7.69. The number of aromatic nitrogens is 3. The molecule has 3 aromatic rings. The number of methoxy groups -OCH3 is 3. The van der Waals surface area contributed by atoms with Crippen LogP contribution in [0.25, 0.3) is 17.1 Å². The van der Waals surface area contributed by atoms with Crippen LogP contribution in [0.4, 0.5) is 38.4 Å². The van der Waals surface area contributed by atoms with Crippen LogP contribution in [0.5, 0.6) is 5.75 Å². The maximum absolute atomic E-state index is 13.3. The highest BCUT2D eigenvalue weighted by atomic mass is 19.4. The van der Waals surface area contributed by atoms with E-state index in [1.807, 2.05) is 0 Å². The van der Waals surface area contributed by atoms with Crippen molar-refractivity contribution in [2.45, 2.75) is 56.8 Å². The van der Waals surface area contributed by atoms with Crippen LogP contribution in [0.1, 0.15) is 13.8 Å². The molecule has 1 aliphatic rings. The lowest BCUT2D eigenvalue weighted by Crippen LogP contribution is -2.59. The minimum absolute atomic E-state index is 0.0675. The third-order valence-corrected chi connectivity index (χ3v) is 6.71. The summed E-state index contributed by atoms with van der Waals surface area (Å²) < 4.78 is 96.6. The normalized spacial score (nSPS) is 21.8. The monoisotopic (exact) mass is 659 g/mol. The highest BCUT2D eigenvalue weighted by Gasteiger charge is 2.61. The second-order valence-corrected chi connectivity index (χ2v) is 9.88. The molecule has 1 saturated heterocycles. The van der Waals surface area contributed by atoms with Gasteiger partial charge in [-0.15, -0.1) is 5.10 Å². The van der Waals surface area contributed by atoms with Gasteiger partial charge in [-0.3, -0.25) is 15.4 Å². The average Bonchev–Trinajstić information content (AvgIpc) is 3.39. The van der Waals surface area contributed by atoms with Crippen LogP contribution in [-0.2, 0) is 28.5 Å². The topological polar surface area (TPSA) is 144 Å². The fourth-order valence-corrected chi connectivity index (χ4v) is 4.58. The fraction of sp³-hybridized carbons (Fsp3) is 0.429. The lowest BCUT2D eigenvalue weighted by molar-refractivity contribution is -0.360. The Morgan fingerprint density at radius 3 is 2.02 bits per heavy atom. The van der Waals surface area contributed by atoms with Gasteiger partial charge < -0.3 is 28.4 Å². The lowest BCUT2D eigenvalue weighted by atomic mass is 9.99. The second kappa shape index (κ2) is 13.9. The Balaban J connectivity index is 1.48. The summed E-state index contributed by atoms with van der Waals surface area (Å²) in [6.45, 7) is 2.96. The number of anilines is 2. The van der Waals surface area contributed by atoms with Gasteiger partial charge in [0.25, 0.3) is 0 Å². The maximum atomic E-state index is 13.3. The van der Waals surface area contributed by atoms with Crippen LogP contribution in [-0.4, -0.2) is 91.1 Å². The first-order valence-corrected chi connectivity index (χ1v) is 13.5. The molecule has 46 heavy (non-hydrogen) atoms. The van der Waals surface area contributed by atoms with Crippen LogP contribution < -0.4 is 15.4 Å². The van der Waals surface area contributed by atoms with Crippen LogP contribution >= 0.6 is 0 Å². The average molecular weight is 660 g/mol. The SMILES string of the molecule is CO[C@@H]1[C@@H](OC)[C@H](C)O[C@@H](OC(=O)Nc2ccc(-c3nc(NC(C)=O)n(-c4ccc(OC(F)(F)C(F)(F)F)cc4)n3)cc2)[C@@H]1OC. The molecule has 2 heterocycles. The van der Waals surface area contributed by atoms with Gasteiger partial charge in [-0.05, 0) is 55.5 Å². The van der Waals surface area contributed by atoms with E-state index in [2.05, 4.69) is 25.5 Å². The molecular formula is C28H30F5N5O8. The molecule has 2 amide bonds. The molecule has 0 bridgehead atoms. The van der Waals surface area contributed by atoms with E-state index < -0.39 is 60.7 Å². The third-order valence-electron chi connectivity index (χ3n) is 6.71. The summed E-state index contributed by atoms with van der Waals surface area (Å²) >= 11 is 0. The highest BCUT2D eigenvalue weighted by Crippen LogP contribution is 2.37. The number of alkyl halides is 5. The first kappa shape index (κ1) is 34.5. The summed E-state index contributed by atoms with van der Waals surface area (Å²) in [4.78, 5) is 28.8. The number of carbonyl (C=O) groups is 2. The summed E-state index contributed by atoms with van der Waals surface area (Å²) in [5.41, 5.74) is 0.927. The second-order valence-electron chi connectivity index (χ2n) is 9.88. The van der Waals surface area contributed by atoms with E-state index in [4.69, 9.17) is 23.7 Å². The zero-order chi connectivity index (χ0) is 33.8. The molecule has 1 aliphatic heterocycles. The molecule has 18 heteroatoms. The molecule has 0 aliphatic carbocycles. The molecule has 13 nitrogen and oxygen atoms in total. The van der Waals surface area contributed by atoms with Crippen molar-refractivity contribution in [2.24, 2.45) is 0 Å². The van der Waals surface area contributed by atoms with E-state index in [0.29, 0.717) is 11.3 Å². The zero-order valence-corrected chi connectivity index (χ0v) is 25.0. The molecule has 0 radical (unpaired) electrons. The molecule has 4 rings (SSSR count). The molecule has 5 atom stereocenters. The van der Waals surface area contributed by atoms with Crippen molar-refractivity contribution in [2.75, 3.05) is 32.0 Å². The Morgan fingerprint density at radius 2 is 1.48 bits per heavy atom. The molecule has 2 N–H and O–H groups in total. The number of nitrogens with zero attached hydrogens (tertiary/aromatic N) is 3. The van der Waals surface area contributed by atoms with Crippen LogP contribution in [0.15, 0.2) is 48.5 Å². The number of rotatable bonds is 10. The van der Waals surface area contributed by atoms with Gasteiger partial charge in [-0.25, -0.2) is 4.79 Å². The Kier molecular flexibility index (Phi) is 10.4. The number of nitrogens with one attached hydrogen (secondary N) is 2. The predicted octanol–water partition coefficient (Wildman–Crippen LogP) is 4.76. The van der Waals surface area contributed by atoms with E-state index in [-0.39, 0.29) is 17.5 Å².